The van der Waals surface area contributed by atoms with E-state index in [0.29, 0.717) is 6.54 Å². The quantitative estimate of drug-likeness (QED) is 0.793. The number of rotatable bonds is 4. The first kappa shape index (κ1) is 13.5. The van der Waals surface area contributed by atoms with Crippen LogP contribution in [0.25, 0.3) is 10.1 Å². The van der Waals surface area contributed by atoms with Gasteiger partial charge in [-0.25, -0.2) is 0 Å². The molecule has 1 N–H and O–H groups in total. The Morgan fingerprint density at radius 2 is 2.00 bits per heavy atom. The maximum Gasteiger partial charge on any atom is 0.0724 e. The molecule has 0 aliphatic carbocycles. The van der Waals surface area contributed by atoms with Gasteiger partial charge in [0.15, 0.2) is 0 Å². The SMILES string of the molecule is Cc1cnc(CNCc2sc3ccccc3c2Cl)cn1. The number of halogens is 1. The number of hydrogen-bond donors (Lipinski definition) is 1. The second kappa shape index (κ2) is 5.87. The zero-order chi connectivity index (χ0) is 13.9. The molecule has 2 heterocycles. The van der Waals surface area contributed by atoms with Crippen molar-refractivity contribution in [1.29, 1.82) is 0 Å². The Bertz CT molecular complexity index is 722. The summed E-state index contributed by atoms with van der Waals surface area (Å²) in [5.74, 6) is 0. The fourth-order valence-corrected chi connectivity index (χ4v) is 3.46. The van der Waals surface area contributed by atoms with Crippen LogP contribution in [0.4, 0.5) is 0 Å². The summed E-state index contributed by atoms with van der Waals surface area (Å²) in [4.78, 5) is 9.71. The van der Waals surface area contributed by atoms with Crippen LogP contribution < -0.4 is 5.32 Å². The molecule has 3 aromatic rings. The van der Waals surface area contributed by atoms with Crippen molar-refractivity contribution < 1.29 is 0 Å². The van der Waals surface area contributed by atoms with Crippen molar-refractivity contribution in [3.8, 4) is 0 Å². The van der Waals surface area contributed by atoms with Gasteiger partial charge in [0.05, 0.1) is 16.4 Å². The Hall–Kier alpha value is -1.49. The van der Waals surface area contributed by atoms with Gasteiger partial charge >= 0.3 is 0 Å². The van der Waals surface area contributed by atoms with Crippen LogP contribution in [0, 0.1) is 6.92 Å². The fraction of sp³-hybridized carbons (Fsp3) is 0.200. The molecule has 0 saturated carbocycles. The molecule has 0 unspecified atom stereocenters. The van der Waals surface area contributed by atoms with Crippen molar-refractivity contribution in [1.82, 2.24) is 15.3 Å². The van der Waals surface area contributed by atoms with Crippen LogP contribution in [0.5, 0.6) is 0 Å². The number of hydrogen-bond acceptors (Lipinski definition) is 4. The largest absolute Gasteiger partial charge is 0.306 e. The smallest absolute Gasteiger partial charge is 0.0724 e. The van der Waals surface area contributed by atoms with Crippen molar-refractivity contribution in [3.05, 3.63) is 57.9 Å². The van der Waals surface area contributed by atoms with E-state index in [1.807, 2.05) is 19.1 Å². The highest BCUT2D eigenvalue weighted by atomic mass is 35.5. The van der Waals surface area contributed by atoms with Gasteiger partial charge in [0.2, 0.25) is 0 Å². The molecule has 1 aromatic carbocycles. The Morgan fingerprint density at radius 3 is 2.75 bits per heavy atom. The lowest BCUT2D eigenvalue weighted by Gasteiger charge is -2.03. The summed E-state index contributed by atoms with van der Waals surface area (Å²) in [6.45, 7) is 3.37. The molecule has 3 nitrogen and oxygen atoms in total. The minimum atomic E-state index is 0.692. The molecule has 0 fully saturated rings. The van der Waals surface area contributed by atoms with Gasteiger partial charge < -0.3 is 5.32 Å². The minimum absolute atomic E-state index is 0.692. The van der Waals surface area contributed by atoms with E-state index >= 15 is 0 Å². The molecule has 0 radical (unpaired) electrons. The molecule has 5 heteroatoms. The van der Waals surface area contributed by atoms with Crippen LogP contribution in [0.3, 0.4) is 0 Å². The van der Waals surface area contributed by atoms with Crippen molar-refractivity contribution in [2.45, 2.75) is 20.0 Å². The summed E-state index contributed by atoms with van der Waals surface area (Å²) in [6, 6.07) is 8.21. The molecular weight excluding hydrogens is 290 g/mol. The van der Waals surface area contributed by atoms with Crippen molar-refractivity contribution in [2.75, 3.05) is 0 Å². The lowest BCUT2D eigenvalue weighted by Crippen LogP contribution is -2.13. The van der Waals surface area contributed by atoms with E-state index in [0.717, 1.165) is 33.2 Å². The van der Waals surface area contributed by atoms with E-state index in [1.165, 1.54) is 4.70 Å². The van der Waals surface area contributed by atoms with Gasteiger partial charge in [0.25, 0.3) is 0 Å². The van der Waals surface area contributed by atoms with Crippen LogP contribution in [-0.4, -0.2) is 9.97 Å². The molecule has 102 valence electrons. The van der Waals surface area contributed by atoms with Crippen molar-refractivity contribution in [3.63, 3.8) is 0 Å². The maximum absolute atomic E-state index is 6.40. The van der Waals surface area contributed by atoms with E-state index in [9.17, 15) is 0 Å². The predicted molar refractivity (Wildman–Crippen MR) is 84.1 cm³/mol. The lowest BCUT2D eigenvalue weighted by molar-refractivity contribution is 0.683. The number of nitrogens with one attached hydrogen (secondary N) is 1. The molecule has 0 amide bonds. The average Bonchev–Trinajstić information content (AvgIpc) is 2.78. The standard InChI is InChI=1S/C15H14ClN3S/c1-10-6-19-11(8-18-10)7-17-9-14-15(16)12-4-2-3-5-13(12)20-14/h2-6,8,17H,7,9H2,1H3. The van der Waals surface area contributed by atoms with Crippen LogP contribution in [0.15, 0.2) is 36.7 Å². The zero-order valence-corrected chi connectivity index (χ0v) is 12.6. The molecular formula is C15H14ClN3S. The van der Waals surface area contributed by atoms with Gasteiger partial charge in [-0.15, -0.1) is 11.3 Å². The topological polar surface area (TPSA) is 37.8 Å². The van der Waals surface area contributed by atoms with E-state index in [4.69, 9.17) is 11.6 Å². The zero-order valence-electron chi connectivity index (χ0n) is 11.1. The van der Waals surface area contributed by atoms with Gasteiger partial charge in [0.1, 0.15) is 0 Å². The maximum atomic E-state index is 6.40. The Morgan fingerprint density at radius 1 is 1.15 bits per heavy atom. The summed E-state index contributed by atoms with van der Waals surface area (Å²) in [5, 5.41) is 5.35. The first-order chi connectivity index (χ1) is 9.74. The number of aryl methyl sites for hydroxylation is 1. The summed E-state index contributed by atoms with van der Waals surface area (Å²) in [6.07, 6.45) is 3.58. The van der Waals surface area contributed by atoms with Gasteiger partial charge in [-0.1, -0.05) is 29.8 Å². The number of fused-ring (bicyclic) bond motifs is 1. The molecule has 2 aromatic heterocycles. The summed E-state index contributed by atoms with van der Waals surface area (Å²) in [7, 11) is 0. The highest BCUT2D eigenvalue weighted by molar-refractivity contribution is 7.19. The lowest BCUT2D eigenvalue weighted by atomic mass is 10.2. The molecule has 20 heavy (non-hydrogen) atoms. The summed E-state index contributed by atoms with van der Waals surface area (Å²) >= 11 is 8.13. The predicted octanol–water partition coefficient (Wildman–Crippen LogP) is 3.94. The summed E-state index contributed by atoms with van der Waals surface area (Å²) < 4.78 is 1.23. The third-order valence-corrected chi connectivity index (χ3v) is 4.74. The molecule has 0 spiro atoms. The molecule has 3 rings (SSSR count). The van der Waals surface area contributed by atoms with E-state index in [2.05, 4.69) is 27.4 Å². The minimum Gasteiger partial charge on any atom is -0.306 e. The number of aromatic nitrogens is 2. The molecule has 0 bridgehead atoms. The van der Waals surface area contributed by atoms with Crippen molar-refractivity contribution in [2.24, 2.45) is 0 Å². The van der Waals surface area contributed by atoms with Crippen molar-refractivity contribution >= 4 is 33.0 Å². The van der Waals surface area contributed by atoms with Crippen LogP contribution in [0.2, 0.25) is 5.02 Å². The molecule has 0 aliphatic heterocycles. The highest BCUT2D eigenvalue weighted by Crippen LogP contribution is 2.34. The van der Waals surface area contributed by atoms with Gasteiger partial charge in [0, 0.05) is 40.4 Å². The molecule has 0 saturated heterocycles. The van der Waals surface area contributed by atoms with Gasteiger partial charge in [-0.3, -0.25) is 9.97 Å². The highest BCUT2D eigenvalue weighted by Gasteiger charge is 2.09. The van der Waals surface area contributed by atoms with Gasteiger partial charge in [-0.05, 0) is 13.0 Å². The second-order valence-corrected chi connectivity index (χ2v) is 6.10. The Balaban J connectivity index is 1.68. The molecule has 0 atom stereocenters. The second-order valence-electron chi connectivity index (χ2n) is 4.59. The number of benzene rings is 1. The van der Waals surface area contributed by atoms with E-state index < -0.39 is 0 Å². The van der Waals surface area contributed by atoms with E-state index in [-0.39, 0.29) is 0 Å². The van der Waals surface area contributed by atoms with E-state index in [1.54, 1.807) is 23.7 Å². The summed E-state index contributed by atoms with van der Waals surface area (Å²) in [5.41, 5.74) is 1.87. The third kappa shape index (κ3) is 2.82. The first-order valence-electron chi connectivity index (χ1n) is 6.38. The third-order valence-electron chi connectivity index (χ3n) is 3.03. The first-order valence-corrected chi connectivity index (χ1v) is 7.57. The van der Waals surface area contributed by atoms with Crippen LogP contribution in [-0.2, 0) is 13.1 Å². The monoisotopic (exact) mass is 303 g/mol. The fourth-order valence-electron chi connectivity index (χ4n) is 1.99. The van der Waals surface area contributed by atoms with Crippen LogP contribution >= 0.6 is 22.9 Å². The van der Waals surface area contributed by atoms with Gasteiger partial charge in [-0.2, -0.15) is 0 Å². The molecule has 0 aliphatic rings. The Labute approximate surface area is 126 Å². The van der Waals surface area contributed by atoms with Crippen LogP contribution in [0.1, 0.15) is 16.3 Å². The number of thiophene rings is 1. The normalized spacial score (nSPS) is 11.1. The average molecular weight is 304 g/mol. The number of nitrogens with zero attached hydrogens (tertiary/aromatic N) is 2. The Kier molecular flexibility index (Phi) is 3.96.